The van der Waals surface area contributed by atoms with Gasteiger partial charge in [-0.2, -0.15) is 5.10 Å². The number of para-hydroxylation sites is 1. The van der Waals surface area contributed by atoms with Gasteiger partial charge in [-0.25, -0.2) is 22.8 Å². The maximum Gasteiger partial charge on any atom is 0.296 e. The van der Waals surface area contributed by atoms with E-state index in [-0.39, 0.29) is 10.6 Å². The molecular formula is C27H26ClN5O4S. The average molecular weight is 552 g/mol. The van der Waals surface area contributed by atoms with Crippen molar-refractivity contribution in [1.29, 1.82) is 0 Å². The van der Waals surface area contributed by atoms with Gasteiger partial charge in [0.05, 0.1) is 22.0 Å². The number of nitrogens with zero attached hydrogens (tertiary/aromatic N) is 4. The fourth-order valence-corrected chi connectivity index (χ4v) is 5.53. The van der Waals surface area contributed by atoms with Crippen LogP contribution >= 0.6 is 11.6 Å². The summed E-state index contributed by atoms with van der Waals surface area (Å²) < 4.78 is 31.3. The Balaban J connectivity index is 1.75. The minimum Gasteiger partial charge on any atom is -0.283 e. The fraction of sp³-hybridized carbons (Fsp3) is 0.148. The van der Waals surface area contributed by atoms with Crippen LogP contribution in [0.1, 0.15) is 18.2 Å². The molecule has 0 atom stereocenters. The molecular weight excluding hydrogens is 526 g/mol. The Hall–Kier alpha value is -4.15. The number of hydrogen-bond donors (Lipinski definition) is 1. The predicted octanol–water partition coefficient (Wildman–Crippen LogP) is 3.87. The molecule has 1 aromatic heterocycles. The summed E-state index contributed by atoms with van der Waals surface area (Å²) in [5.41, 5.74) is 3.84. The van der Waals surface area contributed by atoms with Gasteiger partial charge in [0.25, 0.3) is 21.5 Å². The summed E-state index contributed by atoms with van der Waals surface area (Å²) in [5.74, 6) is -0.716. The van der Waals surface area contributed by atoms with Gasteiger partial charge in [0.2, 0.25) is 0 Å². The highest BCUT2D eigenvalue weighted by Crippen LogP contribution is 2.25. The molecule has 0 fully saturated rings. The van der Waals surface area contributed by atoms with Crippen LogP contribution in [0.5, 0.6) is 0 Å². The van der Waals surface area contributed by atoms with Crippen LogP contribution in [0.3, 0.4) is 0 Å². The van der Waals surface area contributed by atoms with Gasteiger partial charge < -0.3 is 0 Å². The van der Waals surface area contributed by atoms with Crippen molar-refractivity contribution in [3.8, 4) is 5.69 Å². The zero-order valence-corrected chi connectivity index (χ0v) is 22.6. The monoisotopic (exact) mass is 551 g/mol. The Morgan fingerprint density at radius 2 is 1.55 bits per heavy atom. The van der Waals surface area contributed by atoms with E-state index in [9.17, 15) is 18.0 Å². The van der Waals surface area contributed by atoms with E-state index in [0.717, 1.165) is 9.87 Å². The van der Waals surface area contributed by atoms with Crippen molar-refractivity contribution in [2.45, 2.75) is 18.7 Å². The summed E-state index contributed by atoms with van der Waals surface area (Å²) in [6.07, 6.45) is 0. The van der Waals surface area contributed by atoms with Gasteiger partial charge in [-0.15, -0.1) is 0 Å². The van der Waals surface area contributed by atoms with Gasteiger partial charge in [-0.3, -0.25) is 14.3 Å². The van der Waals surface area contributed by atoms with Gasteiger partial charge in [0.15, 0.2) is 0 Å². The molecule has 1 amide bonds. The van der Waals surface area contributed by atoms with Crippen LogP contribution in [0.25, 0.3) is 5.69 Å². The molecule has 1 heterocycles. The lowest BCUT2D eigenvalue weighted by atomic mass is 10.1. The van der Waals surface area contributed by atoms with Crippen molar-refractivity contribution >= 4 is 38.9 Å². The molecule has 4 rings (SSSR count). The largest absolute Gasteiger partial charge is 0.296 e. The van der Waals surface area contributed by atoms with Crippen LogP contribution in [-0.4, -0.2) is 35.9 Å². The van der Waals surface area contributed by atoms with Gasteiger partial charge >= 0.3 is 0 Å². The highest BCUT2D eigenvalue weighted by molar-refractivity contribution is 7.92. The van der Waals surface area contributed by atoms with Crippen molar-refractivity contribution in [3.05, 3.63) is 112 Å². The van der Waals surface area contributed by atoms with Crippen LogP contribution in [0.4, 0.5) is 5.69 Å². The number of amides is 1. The lowest BCUT2D eigenvalue weighted by Crippen LogP contribution is -2.42. The third kappa shape index (κ3) is 5.41. The number of sulfonamides is 1. The minimum atomic E-state index is -4.29. The summed E-state index contributed by atoms with van der Waals surface area (Å²) in [7, 11) is -2.64. The molecule has 0 bridgehead atoms. The van der Waals surface area contributed by atoms with Crippen molar-refractivity contribution in [2.24, 2.45) is 12.1 Å². The molecule has 11 heteroatoms. The molecule has 38 heavy (non-hydrogen) atoms. The summed E-state index contributed by atoms with van der Waals surface area (Å²) in [4.78, 5) is 26.6. The fourth-order valence-electron chi connectivity index (χ4n) is 3.91. The van der Waals surface area contributed by atoms with E-state index in [2.05, 4.69) is 10.5 Å². The Bertz CT molecular complexity index is 1650. The molecule has 0 aliphatic rings. The van der Waals surface area contributed by atoms with E-state index in [0.29, 0.717) is 22.1 Å². The topological polar surface area (TPSA) is 106 Å². The highest BCUT2D eigenvalue weighted by atomic mass is 35.5. The number of carbonyl (C=O) groups excluding carboxylic acids is 1. The summed E-state index contributed by atoms with van der Waals surface area (Å²) >= 11 is 5.93. The van der Waals surface area contributed by atoms with Crippen LogP contribution in [0.2, 0.25) is 5.02 Å². The molecule has 3 aromatic carbocycles. The maximum atomic E-state index is 13.8. The molecule has 0 spiro atoms. The first-order valence-electron chi connectivity index (χ1n) is 11.6. The molecule has 0 aliphatic carbocycles. The molecule has 0 aliphatic heterocycles. The highest BCUT2D eigenvalue weighted by Gasteiger charge is 2.33. The van der Waals surface area contributed by atoms with Crippen molar-refractivity contribution in [3.63, 3.8) is 0 Å². The minimum absolute atomic E-state index is 0.0532. The predicted molar refractivity (Wildman–Crippen MR) is 149 cm³/mol. The molecule has 1 N–H and O–H groups in total. The smallest absolute Gasteiger partial charge is 0.283 e. The maximum absolute atomic E-state index is 13.8. The van der Waals surface area contributed by atoms with E-state index >= 15 is 0 Å². The van der Waals surface area contributed by atoms with Gasteiger partial charge in [0.1, 0.15) is 12.2 Å². The SMILES string of the molecule is C/C(=N/NC(=O)CN(c1c(C)n(C)n(-c2ccccc2)c1=O)S(=O)(=O)c1ccccc1)c1ccc(Cl)cc1. The average Bonchev–Trinajstić information content (AvgIpc) is 3.14. The summed E-state index contributed by atoms with van der Waals surface area (Å²) in [6, 6.07) is 23.4. The van der Waals surface area contributed by atoms with Crippen LogP contribution in [0, 0.1) is 6.92 Å². The van der Waals surface area contributed by atoms with E-state index in [1.165, 1.54) is 16.8 Å². The molecule has 0 saturated carbocycles. The lowest BCUT2D eigenvalue weighted by molar-refractivity contribution is -0.119. The number of anilines is 1. The molecule has 0 radical (unpaired) electrons. The Labute approximate surface area is 225 Å². The van der Waals surface area contributed by atoms with E-state index < -0.39 is 28.0 Å². The number of carbonyl (C=O) groups is 1. The number of hydrazone groups is 1. The number of rotatable bonds is 8. The van der Waals surface area contributed by atoms with Crippen LogP contribution < -0.4 is 15.3 Å². The zero-order valence-electron chi connectivity index (χ0n) is 21.0. The second-order valence-corrected chi connectivity index (χ2v) is 10.8. The number of nitrogens with one attached hydrogen (secondary N) is 1. The van der Waals surface area contributed by atoms with Crippen molar-refractivity contribution in [1.82, 2.24) is 14.8 Å². The third-order valence-electron chi connectivity index (χ3n) is 6.00. The number of benzene rings is 3. The first-order valence-corrected chi connectivity index (χ1v) is 13.4. The summed E-state index contributed by atoms with van der Waals surface area (Å²) in [6.45, 7) is 2.66. The zero-order chi connectivity index (χ0) is 27.4. The van der Waals surface area contributed by atoms with E-state index in [1.54, 1.807) is 92.3 Å². The quantitative estimate of drug-likeness (QED) is 0.265. The lowest BCUT2D eigenvalue weighted by Gasteiger charge is -2.22. The Morgan fingerprint density at radius 3 is 2.16 bits per heavy atom. The van der Waals surface area contributed by atoms with Gasteiger partial charge in [-0.05, 0) is 55.8 Å². The molecule has 196 valence electrons. The second-order valence-electron chi connectivity index (χ2n) is 8.47. The normalized spacial score (nSPS) is 11.8. The molecule has 4 aromatic rings. The van der Waals surface area contributed by atoms with E-state index in [4.69, 9.17) is 11.6 Å². The van der Waals surface area contributed by atoms with Gasteiger partial charge in [0, 0.05) is 12.1 Å². The Morgan fingerprint density at radius 1 is 0.974 bits per heavy atom. The molecule has 0 saturated heterocycles. The first-order chi connectivity index (χ1) is 18.1. The molecule has 0 unspecified atom stereocenters. The number of halogens is 1. The van der Waals surface area contributed by atoms with Gasteiger partial charge in [-0.1, -0.05) is 60.1 Å². The second kappa shape index (κ2) is 11.1. The van der Waals surface area contributed by atoms with Crippen molar-refractivity contribution in [2.75, 3.05) is 10.8 Å². The standard InChI is InChI=1S/C27H26ClN5O4S/c1-19(21-14-16-22(28)17-15-21)29-30-25(34)18-32(38(36,37)24-12-8-5-9-13-24)26-20(2)31(3)33(27(26)35)23-10-6-4-7-11-23/h4-17H,18H2,1-3H3,(H,30,34)/b29-19-. The van der Waals surface area contributed by atoms with Crippen LogP contribution in [0.15, 0.2) is 99.7 Å². The Kier molecular flexibility index (Phi) is 7.84. The first kappa shape index (κ1) is 26.9. The van der Waals surface area contributed by atoms with E-state index in [1.807, 2.05) is 6.07 Å². The van der Waals surface area contributed by atoms with Crippen molar-refractivity contribution < 1.29 is 13.2 Å². The third-order valence-corrected chi connectivity index (χ3v) is 8.01. The number of hydrogen-bond acceptors (Lipinski definition) is 5. The number of aromatic nitrogens is 2. The molecule has 9 nitrogen and oxygen atoms in total. The van der Waals surface area contributed by atoms with Crippen LogP contribution in [-0.2, 0) is 21.9 Å². The summed E-state index contributed by atoms with van der Waals surface area (Å²) in [5, 5.41) is 4.67.